The summed E-state index contributed by atoms with van der Waals surface area (Å²) in [5.41, 5.74) is 2.82. The van der Waals surface area contributed by atoms with Crippen LogP contribution in [0.25, 0.3) is 0 Å². The third-order valence-corrected chi connectivity index (χ3v) is 4.86. The molecule has 2 aromatic rings. The highest BCUT2D eigenvalue weighted by molar-refractivity contribution is 9.10. The second-order valence-electron chi connectivity index (χ2n) is 5.31. The summed E-state index contributed by atoms with van der Waals surface area (Å²) in [7, 11) is 1.82. The van der Waals surface area contributed by atoms with E-state index in [4.69, 9.17) is 11.6 Å². The highest BCUT2D eigenvalue weighted by atomic mass is 79.9. The van der Waals surface area contributed by atoms with Crippen LogP contribution in [0.4, 0.5) is 4.39 Å². The molecular weight excluding hydrogens is 353 g/mol. The van der Waals surface area contributed by atoms with Gasteiger partial charge in [0.25, 0.3) is 0 Å². The van der Waals surface area contributed by atoms with E-state index in [0.717, 1.165) is 5.56 Å². The number of rotatable bonds is 4. The Bertz CT molecular complexity index is 625. The largest absolute Gasteiger partial charge is 0.309 e. The van der Waals surface area contributed by atoms with Crippen molar-refractivity contribution in [2.75, 3.05) is 7.05 Å². The second-order valence-corrected chi connectivity index (χ2v) is 6.54. The molecule has 0 aliphatic carbocycles. The Morgan fingerprint density at radius 3 is 2.14 bits per heavy atom. The van der Waals surface area contributed by atoms with Gasteiger partial charge in [0.15, 0.2) is 0 Å². The van der Waals surface area contributed by atoms with E-state index in [0.29, 0.717) is 16.0 Å². The van der Waals surface area contributed by atoms with Gasteiger partial charge in [-0.2, -0.15) is 0 Å². The summed E-state index contributed by atoms with van der Waals surface area (Å²) in [6.07, 6.45) is 0. The van der Waals surface area contributed by atoms with Gasteiger partial charge in [0.05, 0.1) is 11.1 Å². The predicted molar refractivity (Wildman–Crippen MR) is 90.5 cm³/mol. The first kappa shape index (κ1) is 16.5. The van der Waals surface area contributed by atoms with Gasteiger partial charge in [0.2, 0.25) is 0 Å². The van der Waals surface area contributed by atoms with Gasteiger partial charge >= 0.3 is 0 Å². The molecule has 0 radical (unpaired) electrons. The van der Waals surface area contributed by atoms with Crippen molar-refractivity contribution in [2.45, 2.75) is 25.8 Å². The minimum absolute atomic E-state index is 0.117. The predicted octanol–water partition coefficient (Wildman–Crippen LogP) is 5.67. The Kier molecular flexibility index (Phi) is 5.42. The zero-order valence-corrected chi connectivity index (χ0v) is 14.6. The zero-order chi connectivity index (χ0) is 15.6. The average Bonchev–Trinajstić information content (AvgIpc) is 2.48. The molecule has 21 heavy (non-hydrogen) atoms. The Balaban J connectivity index is 2.42. The number of hydrogen-bond donors (Lipinski definition) is 1. The summed E-state index contributed by atoms with van der Waals surface area (Å²) in [6, 6.07) is 11.5. The summed E-state index contributed by atoms with van der Waals surface area (Å²) in [4.78, 5) is 0. The fourth-order valence-corrected chi connectivity index (χ4v) is 2.82. The first-order valence-corrected chi connectivity index (χ1v) is 8.03. The molecule has 0 saturated carbocycles. The van der Waals surface area contributed by atoms with E-state index in [1.807, 2.05) is 19.2 Å². The lowest BCUT2D eigenvalue weighted by Gasteiger charge is -2.19. The van der Waals surface area contributed by atoms with Gasteiger partial charge in [-0.1, -0.05) is 55.8 Å². The van der Waals surface area contributed by atoms with Gasteiger partial charge in [-0.25, -0.2) is 4.39 Å². The highest BCUT2D eigenvalue weighted by Crippen LogP contribution is 2.33. The fourth-order valence-electron chi connectivity index (χ4n) is 2.34. The Morgan fingerprint density at radius 2 is 1.62 bits per heavy atom. The molecule has 4 heteroatoms. The van der Waals surface area contributed by atoms with Crippen LogP contribution in [-0.4, -0.2) is 7.05 Å². The maximum Gasteiger partial charge on any atom is 0.148 e. The highest BCUT2D eigenvalue weighted by Gasteiger charge is 2.19. The Labute approximate surface area is 138 Å². The standard InChI is InChI=1S/C17H18BrClFN/c1-10(2)11-4-6-12(7-5-11)17(21-3)13-8-9-14(18)15(19)16(13)20/h4-10,17,21H,1-3H3. The van der Waals surface area contributed by atoms with Gasteiger partial charge < -0.3 is 5.32 Å². The van der Waals surface area contributed by atoms with Crippen LogP contribution in [0.2, 0.25) is 5.02 Å². The molecule has 0 heterocycles. The molecule has 0 bridgehead atoms. The van der Waals surface area contributed by atoms with Crippen molar-refractivity contribution >= 4 is 27.5 Å². The lowest BCUT2D eigenvalue weighted by atomic mass is 9.95. The molecule has 1 nitrogen and oxygen atoms in total. The minimum Gasteiger partial charge on any atom is -0.309 e. The molecule has 2 aromatic carbocycles. The number of nitrogens with one attached hydrogen (secondary N) is 1. The molecule has 112 valence electrons. The Morgan fingerprint density at radius 1 is 1.05 bits per heavy atom. The van der Waals surface area contributed by atoms with Crippen LogP contribution in [0.3, 0.4) is 0 Å². The lowest BCUT2D eigenvalue weighted by Crippen LogP contribution is -2.19. The monoisotopic (exact) mass is 369 g/mol. The molecule has 1 atom stereocenters. The summed E-state index contributed by atoms with van der Waals surface area (Å²) in [5.74, 6) is 0.0873. The van der Waals surface area contributed by atoms with Crippen LogP contribution in [0.15, 0.2) is 40.9 Å². The smallest absolute Gasteiger partial charge is 0.148 e. The van der Waals surface area contributed by atoms with E-state index >= 15 is 0 Å². The van der Waals surface area contributed by atoms with Crippen molar-refractivity contribution < 1.29 is 4.39 Å². The van der Waals surface area contributed by atoms with Crippen molar-refractivity contribution in [1.82, 2.24) is 5.32 Å². The molecule has 0 aliphatic heterocycles. The molecule has 0 spiro atoms. The van der Waals surface area contributed by atoms with E-state index < -0.39 is 5.82 Å². The van der Waals surface area contributed by atoms with Crippen LogP contribution in [-0.2, 0) is 0 Å². The van der Waals surface area contributed by atoms with Crippen molar-refractivity contribution in [3.8, 4) is 0 Å². The molecule has 0 fully saturated rings. The van der Waals surface area contributed by atoms with Gasteiger partial charge in [-0.3, -0.25) is 0 Å². The quantitative estimate of drug-likeness (QED) is 0.683. The van der Waals surface area contributed by atoms with Gasteiger partial charge in [0.1, 0.15) is 5.82 Å². The first-order valence-electron chi connectivity index (χ1n) is 6.86. The fraction of sp³-hybridized carbons (Fsp3) is 0.294. The van der Waals surface area contributed by atoms with Crippen molar-refractivity contribution in [1.29, 1.82) is 0 Å². The third-order valence-electron chi connectivity index (χ3n) is 3.60. The van der Waals surface area contributed by atoms with Crippen LogP contribution in [0.5, 0.6) is 0 Å². The molecule has 0 aliphatic rings. The molecule has 0 amide bonds. The molecule has 1 unspecified atom stereocenters. The SMILES string of the molecule is CNC(c1ccc(C(C)C)cc1)c1ccc(Br)c(Cl)c1F. The van der Waals surface area contributed by atoms with Crippen molar-refractivity contribution in [3.05, 3.63) is 68.4 Å². The van der Waals surface area contributed by atoms with E-state index in [9.17, 15) is 4.39 Å². The maximum absolute atomic E-state index is 14.4. The van der Waals surface area contributed by atoms with E-state index in [1.165, 1.54) is 5.56 Å². The molecule has 2 rings (SSSR count). The zero-order valence-electron chi connectivity index (χ0n) is 12.3. The summed E-state index contributed by atoms with van der Waals surface area (Å²) in [6.45, 7) is 4.30. The third kappa shape index (κ3) is 3.47. The van der Waals surface area contributed by atoms with Crippen molar-refractivity contribution in [2.24, 2.45) is 0 Å². The molecule has 0 aromatic heterocycles. The topological polar surface area (TPSA) is 12.0 Å². The van der Waals surface area contributed by atoms with E-state index in [2.05, 4.69) is 47.2 Å². The van der Waals surface area contributed by atoms with Gasteiger partial charge in [-0.15, -0.1) is 0 Å². The van der Waals surface area contributed by atoms with E-state index in [-0.39, 0.29) is 11.1 Å². The van der Waals surface area contributed by atoms with Gasteiger partial charge in [-0.05, 0) is 46.1 Å². The number of halogens is 3. The normalized spacial score (nSPS) is 12.7. The first-order chi connectivity index (χ1) is 9.95. The average molecular weight is 371 g/mol. The molecule has 0 saturated heterocycles. The number of hydrogen-bond acceptors (Lipinski definition) is 1. The van der Waals surface area contributed by atoms with Crippen LogP contribution in [0.1, 0.15) is 42.5 Å². The summed E-state index contributed by atoms with van der Waals surface area (Å²) < 4.78 is 15.0. The summed E-state index contributed by atoms with van der Waals surface area (Å²) in [5, 5.41) is 3.27. The lowest BCUT2D eigenvalue weighted by molar-refractivity contribution is 0.575. The van der Waals surface area contributed by atoms with Crippen LogP contribution in [0, 0.1) is 5.82 Å². The minimum atomic E-state index is -0.390. The van der Waals surface area contributed by atoms with Crippen molar-refractivity contribution in [3.63, 3.8) is 0 Å². The van der Waals surface area contributed by atoms with E-state index in [1.54, 1.807) is 12.1 Å². The molecule has 1 N–H and O–H groups in total. The summed E-state index contributed by atoms with van der Waals surface area (Å²) >= 11 is 9.23. The maximum atomic E-state index is 14.4. The van der Waals surface area contributed by atoms with Crippen LogP contribution >= 0.6 is 27.5 Å². The Hall–Kier alpha value is -0.900. The van der Waals surface area contributed by atoms with Crippen LogP contribution < -0.4 is 5.32 Å². The van der Waals surface area contributed by atoms with Gasteiger partial charge in [0, 0.05) is 10.0 Å². The second kappa shape index (κ2) is 6.91. The molecular formula is C17H18BrClFN. The number of benzene rings is 2.